The van der Waals surface area contributed by atoms with E-state index in [0.29, 0.717) is 5.56 Å². The van der Waals surface area contributed by atoms with E-state index in [1.807, 2.05) is 38.1 Å². The number of nitrogens with one attached hydrogen (secondary N) is 1. The topological polar surface area (TPSA) is 100 Å². The van der Waals surface area contributed by atoms with E-state index in [1.165, 1.54) is 6.33 Å². The molecule has 1 aromatic carbocycles. The van der Waals surface area contributed by atoms with Crippen LogP contribution in [0.2, 0.25) is 5.15 Å². The van der Waals surface area contributed by atoms with E-state index in [0.717, 1.165) is 11.3 Å². The minimum absolute atomic E-state index is 0.00664. The summed E-state index contributed by atoms with van der Waals surface area (Å²) in [5.41, 5.74) is 0.234. The van der Waals surface area contributed by atoms with Gasteiger partial charge in [0.25, 0.3) is 0 Å². The molecule has 2 N–H and O–H groups in total. The van der Waals surface area contributed by atoms with Gasteiger partial charge in [0, 0.05) is 30.4 Å². The maximum atomic E-state index is 15.5. The zero-order chi connectivity index (χ0) is 25.0. The minimum atomic E-state index is -2.20. The fourth-order valence-electron chi connectivity index (χ4n) is 3.83. The Morgan fingerprint density at radius 3 is 2.69 bits per heavy atom. The monoisotopic (exact) mass is 499 g/mol. The van der Waals surface area contributed by atoms with Crippen LogP contribution < -0.4 is 10.2 Å². The Morgan fingerprint density at radius 2 is 2.00 bits per heavy atom. The average Bonchev–Trinajstić information content (AvgIpc) is 3.27. The number of halogens is 2. The number of aliphatic hydroxyl groups is 1. The van der Waals surface area contributed by atoms with Crippen molar-refractivity contribution in [2.24, 2.45) is 0 Å². The second-order valence-electron chi connectivity index (χ2n) is 8.78. The highest BCUT2D eigenvalue weighted by molar-refractivity contribution is 6.32. The van der Waals surface area contributed by atoms with E-state index in [4.69, 9.17) is 16.3 Å². The molecule has 0 radical (unpaired) electrons. The highest BCUT2D eigenvalue weighted by Gasteiger charge is 2.47. The molecule has 4 rings (SSSR count). The molecule has 35 heavy (non-hydrogen) atoms. The molecule has 8 nitrogen and oxygen atoms in total. The number of anilines is 2. The van der Waals surface area contributed by atoms with Crippen LogP contribution >= 0.6 is 11.6 Å². The van der Waals surface area contributed by atoms with Crippen LogP contribution in [0.1, 0.15) is 49.2 Å². The van der Waals surface area contributed by atoms with Gasteiger partial charge in [-0.15, -0.1) is 0 Å². The van der Waals surface area contributed by atoms with Crippen LogP contribution in [0.4, 0.5) is 15.9 Å². The fraction of sp³-hybridized carbons (Fsp3) is 0.360. The lowest BCUT2D eigenvalue weighted by atomic mass is 10.1. The van der Waals surface area contributed by atoms with Crippen molar-refractivity contribution in [1.29, 1.82) is 0 Å². The summed E-state index contributed by atoms with van der Waals surface area (Å²) in [4.78, 5) is 26.7. The van der Waals surface area contributed by atoms with Crippen LogP contribution in [-0.2, 0) is 16.1 Å². The zero-order valence-corrected chi connectivity index (χ0v) is 20.2. The predicted molar refractivity (Wildman–Crippen MR) is 131 cm³/mol. The summed E-state index contributed by atoms with van der Waals surface area (Å²) >= 11 is 6.30. The summed E-state index contributed by atoms with van der Waals surface area (Å²) in [5.74, 6) is -0.380. The number of alkyl halides is 1. The predicted octanol–water partition coefficient (Wildman–Crippen LogP) is 4.41. The van der Waals surface area contributed by atoms with E-state index in [-0.39, 0.29) is 48.7 Å². The van der Waals surface area contributed by atoms with E-state index >= 15 is 4.39 Å². The van der Waals surface area contributed by atoms with Gasteiger partial charge < -0.3 is 20.1 Å². The lowest BCUT2D eigenvalue weighted by Gasteiger charge is -2.24. The quantitative estimate of drug-likeness (QED) is 0.267. The van der Waals surface area contributed by atoms with Gasteiger partial charge in [-0.1, -0.05) is 61.8 Å². The van der Waals surface area contributed by atoms with Gasteiger partial charge in [-0.3, -0.25) is 4.98 Å². The van der Waals surface area contributed by atoms with Crippen LogP contribution in [0.5, 0.6) is 0 Å². The highest BCUT2D eigenvalue weighted by Crippen LogP contribution is 2.37. The summed E-state index contributed by atoms with van der Waals surface area (Å²) in [6.07, 6.45) is 1.61. The molecule has 0 bridgehead atoms. The number of benzene rings is 1. The van der Waals surface area contributed by atoms with Crippen molar-refractivity contribution in [2.45, 2.75) is 44.7 Å². The van der Waals surface area contributed by atoms with Crippen LogP contribution in [0.15, 0.2) is 55.0 Å². The number of aliphatic hydroxyl groups excluding tert-OH is 1. The molecule has 3 aromatic rings. The number of hydrogen-bond donors (Lipinski definition) is 2. The highest BCUT2D eigenvalue weighted by atomic mass is 35.5. The first-order valence-electron chi connectivity index (χ1n) is 11.3. The van der Waals surface area contributed by atoms with Gasteiger partial charge in [0.2, 0.25) is 5.67 Å². The third-order valence-corrected chi connectivity index (χ3v) is 6.16. The van der Waals surface area contributed by atoms with Crippen LogP contribution in [0.25, 0.3) is 0 Å². The maximum absolute atomic E-state index is 15.5. The van der Waals surface area contributed by atoms with Crippen molar-refractivity contribution < 1.29 is 19.0 Å². The van der Waals surface area contributed by atoms with Crippen molar-refractivity contribution in [3.8, 4) is 0 Å². The van der Waals surface area contributed by atoms with Crippen LogP contribution in [0, 0.1) is 0 Å². The van der Waals surface area contributed by atoms with Gasteiger partial charge in [-0.2, -0.15) is 0 Å². The van der Waals surface area contributed by atoms with Crippen LogP contribution in [0.3, 0.4) is 0 Å². The number of carbonyl (C=O) groups is 1. The molecule has 1 aliphatic rings. The summed E-state index contributed by atoms with van der Waals surface area (Å²) in [5, 5.41) is 13.7. The molecule has 0 saturated carbocycles. The molecule has 1 saturated heterocycles. The van der Waals surface area contributed by atoms with Gasteiger partial charge in [-0.25, -0.2) is 19.2 Å². The lowest BCUT2D eigenvalue weighted by Crippen LogP contribution is -2.39. The van der Waals surface area contributed by atoms with E-state index in [1.54, 1.807) is 29.3 Å². The van der Waals surface area contributed by atoms with Crippen molar-refractivity contribution in [1.82, 2.24) is 15.0 Å². The number of aromatic nitrogens is 3. The van der Waals surface area contributed by atoms with E-state index in [2.05, 4.69) is 20.3 Å². The molecular weight excluding hydrogens is 473 g/mol. The molecule has 184 valence electrons. The second-order valence-corrected chi connectivity index (χ2v) is 9.14. The van der Waals surface area contributed by atoms with E-state index < -0.39 is 17.9 Å². The summed E-state index contributed by atoms with van der Waals surface area (Å²) in [6.45, 7) is 4.00. The van der Waals surface area contributed by atoms with Crippen molar-refractivity contribution >= 4 is 29.1 Å². The molecule has 2 aromatic heterocycles. The molecule has 10 heteroatoms. The van der Waals surface area contributed by atoms with E-state index in [9.17, 15) is 9.90 Å². The average molecular weight is 500 g/mol. The molecule has 3 heterocycles. The number of nitrogens with zero attached hydrogens (tertiary/aromatic N) is 4. The zero-order valence-electron chi connectivity index (χ0n) is 19.5. The Kier molecular flexibility index (Phi) is 7.47. The van der Waals surface area contributed by atoms with Gasteiger partial charge in [0.05, 0.1) is 6.54 Å². The third-order valence-electron chi connectivity index (χ3n) is 5.88. The molecule has 0 aliphatic carbocycles. The Labute approximate surface area is 208 Å². The largest absolute Gasteiger partial charge is 0.458 e. The fourth-order valence-corrected chi connectivity index (χ4v) is 4.01. The third kappa shape index (κ3) is 5.68. The smallest absolute Gasteiger partial charge is 0.346 e. The number of rotatable bonds is 8. The molecule has 1 aliphatic heterocycles. The Bertz CT molecular complexity index is 1170. The van der Waals surface area contributed by atoms with Gasteiger partial charge >= 0.3 is 5.97 Å². The van der Waals surface area contributed by atoms with Crippen molar-refractivity contribution in [3.05, 3.63) is 77.0 Å². The Morgan fingerprint density at radius 1 is 1.23 bits per heavy atom. The molecule has 0 spiro atoms. The van der Waals surface area contributed by atoms with Crippen molar-refractivity contribution in [3.63, 3.8) is 0 Å². The maximum Gasteiger partial charge on any atom is 0.346 e. The molecule has 0 amide bonds. The molecule has 1 fully saturated rings. The minimum Gasteiger partial charge on any atom is -0.458 e. The van der Waals surface area contributed by atoms with Gasteiger partial charge in [0.15, 0.2) is 17.2 Å². The number of esters is 1. The Hall–Kier alpha value is -3.30. The summed E-state index contributed by atoms with van der Waals surface area (Å²) in [7, 11) is 0. The van der Waals surface area contributed by atoms with Gasteiger partial charge in [-0.05, 0) is 17.5 Å². The number of ether oxygens (including phenoxy) is 1. The second kappa shape index (κ2) is 10.5. The molecular formula is C25H27ClFN5O3. The van der Waals surface area contributed by atoms with Gasteiger partial charge in [0.1, 0.15) is 18.6 Å². The summed E-state index contributed by atoms with van der Waals surface area (Å²) < 4.78 is 20.8. The standard InChI is InChI=1S/C25H27ClFN5O3/c1-16(2)19-9-8-18(12-28-19)23(33)31-20-21(26)29-15-30-22(20)32-11-10-25(27,14-32)24(34)35-13-17-6-4-3-5-7-17/h3-9,12,15-16,23,31,33H,10-11,13-14H2,1-2H3. The Balaban J connectivity index is 1.47. The normalized spacial score (nSPS) is 18.5. The first-order valence-corrected chi connectivity index (χ1v) is 11.7. The number of pyridine rings is 1. The summed E-state index contributed by atoms with van der Waals surface area (Å²) in [6, 6.07) is 12.7. The van der Waals surface area contributed by atoms with Crippen LogP contribution in [-0.4, -0.2) is 44.8 Å². The lowest BCUT2D eigenvalue weighted by molar-refractivity contribution is -0.157. The number of hydrogen-bond acceptors (Lipinski definition) is 8. The molecule has 2 atom stereocenters. The first kappa shape index (κ1) is 24.8. The first-order chi connectivity index (χ1) is 16.8. The number of carbonyl (C=O) groups excluding carboxylic acids is 1. The van der Waals surface area contributed by atoms with Crippen molar-refractivity contribution in [2.75, 3.05) is 23.3 Å². The molecule has 2 unspecified atom stereocenters. The SMILES string of the molecule is CC(C)c1ccc(C(O)Nc2c(Cl)ncnc2N2CCC(F)(C(=O)OCc3ccccc3)C2)cn1.